The van der Waals surface area contributed by atoms with Crippen molar-refractivity contribution in [3.05, 3.63) is 71.3 Å². The van der Waals surface area contributed by atoms with E-state index in [1.54, 1.807) is 7.05 Å². The van der Waals surface area contributed by atoms with Crippen LogP contribution in [0.3, 0.4) is 0 Å². The molecule has 2 aromatic rings. The molecular weight excluding hydrogens is 515 g/mol. The summed E-state index contributed by atoms with van der Waals surface area (Å²) < 4.78 is 5.81. The lowest BCUT2D eigenvalue weighted by Gasteiger charge is -2.16. The molecule has 3 N–H and O–H groups in total. The third-order valence-corrected chi connectivity index (χ3v) is 5.02. The number of rotatable bonds is 11. The minimum absolute atomic E-state index is 0. The Hall–Kier alpha value is -2.13. The minimum atomic E-state index is -0.0326. The lowest BCUT2D eigenvalue weighted by Crippen LogP contribution is -2.39. The first-order valence-electron chi connectivity index (χ1n) is 11.0. The molecule has 0 aliphatic carbocycles. The van der Waals surface area contributed by atoms with Crippen LogP contribution in [0.1, 0.15) is 48.7 Å². The summed E-state index contributed by atoms with van der Waals surface area (Å²) in [5.74, 6) is 1.06. The fraction of sp³-hybridized carbons (Fsp3) is 0.440. The van der Waals surface area contributed by atoms with Crippen molar-refractivity contribution in [2.45, 2.75) is 46.4 Å². The van der Waals surface area contributed by atoms with Gasteiger partial charge in [-0.15, -0.1) is 24.0 Å². The monoisotopic (exact) mass is 552 g/mol. The van der Waals surface area contributed by atoms with E-state index in [-0.39, 0.29) is 35.9 Å². The second-order valence-corrected chi connectivity index (χ2v) is 7.89. The van der Waals surface area contributed by atoms with Crippen LogP contribution in [0.25, 0.3) is 0 Å². The van der Waals surface area contributed by atoms with Crippen LogP contribution < -0.4 is 16.0 Å². The summed E-state index contributed by atoms with van der Waals surface area (Å²) in [6.45, 7) is 8.91. The van der Waals surface area contributed by atoms with E-state index in [1.165, 1.54) is 5.56 Å². The molecule has 32 heavy (non-hydrogen) atoms. The molecule has 1 amide bonds. The molecule has 0 spiro atoms. The van der Waals surface area contributed by atoms with Gasteiger partial charge in [0.2, 0.25) is 0 Å². The number of guanidine groups is 1. The molecule has 7 heteroatoms. The normalized spacial score (nSPS) is 12.9. The maximum absolute atomic E-state index is 12.2. The van der Waals surface area contributed by atoms with Gasteiger partial charge >= 0.3 is 0 Å². The summed E-state index contributed by atoms with van der Waals surface area (Å²) in [6, 6.07) is 18.0. The van der Waals surface area contributed by atoms with Gasteiger partial charge in [0, 0.05) is 31.7 Å². The topological polar surface area (TPSA) is 74.8 Å². The molecule has 0 saturated heterocycles. The summed E-state index contributed by atoms with van der Waals surface area (Å²) >= 11 is 0. The van der Waals surface area contributed by atoms with Gasteiger partial charge in [0.15, 0.2) is 5.96 Å². The van der Waals surface area contributed by atoms with Gasteiger partial charge in [0.1, 0.15) is 0 Å². The number of aliphatic imine (C=N–C) groups is 1. The van der Waals surface area contributed by atoms with E-state index in [1.807, 2.05) is 49.4 Å². The molecule has 2 unspecified atom stereocenters. The molecule has 2 atom stereocenters. The maximum atomic E-state index is 12.2. The standard InChI is InChI=1S/C25H36N4O2.HI/c1-5-20(3)29-24(30)23-13-11-21(12-14-23)16-28-25(26-4)27-15-19(2)17-31-18-22-9-7-6-8-10-22;/h6-14,19-20H,5,15-18H2,1-4H3,(H,29,30)(H2,26,27,28);1H. The fourth-order valence-corrected chi connectivity index (χ4v) is 2.87. The quantitative estimate of drug-likeness (QED) is 0.220. The Morgan fingerprint density at radius 1 is 1.00 bits per heavy atom. The van der Waals surface area contributed by atoms with E-state index in [4.69, 9.17) is 4.74 Å². The van der Waals surface area contributed by atoms with Gasteiger partial charge in [-0.1, -0.05) is 56.3 Å². The van der Waals surface area contributed by atoms with Crippen molar-refractivity contribution in [1.29, 1.82) is 0 Å². The first-order valence-corrected chi connectivity index (χ1v) is 11.0. The van der Waals surface area contributed by atoms with E-state index >= 15 is 0 Å². The molecular formula is C25H37IN4O2. The van der Waals surface area contributed by atoms with E-state index in [0.717, 1.165) is 24.5 Å². The molecule has 0 aromatic heterocycles. The van der Waals surface area contributed by atoms with Crippen molar-refractivity contribution in [2.75, 3.05) is 20.2 Å². The van der Waals surface area contributed by atoms with Crippen molar-refractivity contribution in [1.82, 2.24) is 16.0 Å². The second-order valence-electron chi connectivity index (χ2n) is 7.89. The third kappa shape index (κ3) is 10.5. The van der Waals surface area contributed by atoms with Crippen molar-refractivity contribution in [3.8, 4) is 0 Å². The number of benzene rings is 2. The van der Waals surface area contributed by atoms with Gasteiger partial charge < -0.3 is 20.7 Å². The van der Waals surface area contributed by atoms with Gasteiger partial charge in [-0.3, -0.25) is 9.79 Å². The third-order valence-electron chi connectivity index (χ3n) is 5.02. The molecule has 176 valence electrons. The molecule has 0 aliphatic rings. The van der Waals surface area contributed by atoms with Gasteiger partial charge in [0.05, 0.1) is 13.2 Å². The summed E-state index contributed by atoms with van der Waals surface area (Å²) in [5.41, 5.74) is 2.95. The molecule has 0 fully saturated rings. The summed E-state index contributed by atoms with van der Waals surface area (Å²) in [6.07, 6.45) is 0.914. The summed E-state index contributed by atoms with van der Waals surface area (Å²) in [4.78, 5) is 16.5. The number of hydrogen-bond donors (Lipinski definition) is 3. The van der Waals surface area contributed by atoms with E-state index < -0.39 is 0 Å². The van der Waals surface area contributed by atoms with Crippen LogP contribution in [-0.4, -0.2) is 38.1 Å². The smallest absolute Gasteiger partial charge is 0.251 e. The van der Waals surface area contributed by atoms with Gasteiger partial charge in [-0.2, -0.15) is 0 Å². The molecule has 2 aromatic carbocycles. The largest absolute Gasteiger partial charge is 0.376 e. The first-order chi connectivity index (χ1) is 15.0. The molecule has 0 bridgehead atoms. The Balaban J connectivity index is 0.00000512. The molecule has 6 nitrogen and oxygen atoms in total. The van der Waals surface area contributed by atoms with Crippen molar-refractivity contribution in [3.63, 3.8) is 0 Å². The Labute approximate surface area is 209 Å². The Bertz CT molecular complexity index is 812. The minimum Gasteiger partial charge on any atom is -0.376 e. The number of halogens is 1. The average Bonchev–Trinajstić information content (AvgIpc) is 2.80. The summed E-state index contributed by atoms with van der Waals surface area (Å²) in [7, 11) is 1.76. The lowest BCUT2D eigenvalue weighted by atomic mass is 10.1. The molecule has 0 saturated carbocycles. The zero-order chi connectivity index (χ0) is 22.5. The zero-order valence-corrected chi connectivity index (χ0v) is 21.9. The van der Waals surface area contributed by atoms with E-state index in [0.29, 0.717) is 31.2 Å². The van der Waals surface area contributed by atoms with Crippen LogP contribution in [0.15, 0.2) is 59.6 Å². The van der Waals surface area contributed by atoms with Crippen LogP contribution in [-0.2, 0) is 17.9 Å². The number of amides is 1. The maximum Gasteiger partial charge on any atom is 0.251 e. The Morgan fingerprint density at radius 3 is 2.31 bits per heavy atom. The van der Waals surface area contributed by atoms with E-state index in [2.05, 4.69) is 46.9 Å². The molecule has 0 heterocycles. The number of hydrogen-bond acceptors (Lipinski definition) is 3. The summed E-state index contributed by atoms with van der Waals surface area (Å²) in [5, 5.41) is 9.63. The number of ether oxygens (including phenoxy) is 1. The highest BCUT2D eigenvalue weighted by atomic mass is 127. The predicted octanol–water partition coefficient (Wildman–Crippen LogP) is 4.35. The number of carbonyl (C=O) groups excluding carboxylic acids is 1. The molecule has 2 rings (SSSR count). The van der Waals surface area contributed by atoms with Crippen LogP contribution in [0.4, 0.5) is 0 Å². The number of nitrogens with zero attached hydrogens (tertiary/aromatic N) is 1. The van der Waals surface area contributed by atoms with E-state index in [9.17, 15) is 4.79 Å². The highest BCUT2D eigenvalue weighted by Gasteiger charge is 2.09. The Kier molecular flexibility index (Phi) is 13.6. The average molecular weight is 553 g/mol. The van der Waals surface area contributed by atoms with Crippen LogP contribution in [0.2, 0.25) is 0 Å². The molecule has 0 radical (unpaired) electrons. The van der Waals surface area contributed by atoms with Crippen molar-refractivity contribution in [2.24, 2.45) is 10.9 Å². The molecule has 0 aliphatic heterocycles. The highest BCUT2D eigenvalue weighted by Crippen LogP contribution is 2.06. The van der Waals surface area contributed by atoms with Crippen molar-refractivity contribution >= 4 is 35.8 Å². The van der Waals surface area contributed by atoms with Crippen LogP contribution in [0.5, 0.6) is 0 Å². The van der Waals surface area contributed by atoms with Gasteiger partial charge in [-0.25, -0.2) is 0 Å². The first kappa shape index (κ1) is 27.9. The second kappa shape index (κ2) is 15.6. The zero-order valence-electron chi connectivity index (χ0n) is 19.6. The van der Waals surface area contributed by atoms with Gasteiger partial charge in [-0.05, 0) is 42.5 Å². The number of carbonyl (C=O) groups is 1. The van der Waals surface area contributed by atoms with Gasteiger partial charge in [0.25, 0.3) is 5.91 Å². The van der Waals surface area contributed by atoms with Crippen molar-refractivity contribution < 1.29 is 9.53 Å². The number of nitrogens with one attached hydrogen (secondary N) is 3. The highest BCUT2D eigenvalue weighted by molar-refractivity contribution is 14.0. The SMILES string of the molecule is CCC(C)NC(=O)c1ccc(CNC(=NC)NCC(C)COCc2ccccc2)cc1.I. The Morgan fingerprint density at radius 2 is 1.69 bits per heavy atom. The van der Waals surface area contributed by atoms with Crippen LogP contribution >= 0.6 is 24.0 Å². The fourth-order valence-electron chi connectivity index (χ4n) is 2.87. The van der Waals surface area contributed by atoms with Crippen LogP contribution in [0, 0.1) is 5.92 Å². The predicted molar refractivity (Wildman–Crippen MR) is 143 cm³/mol. The lowest BCUT2D eigenvalue weighted by molar-refractivity contribution is 0.0931.